The molecule has 0 unspecified atom stereocenters. The molecule has 0 atom stereocenters. The summed E-state index contributed by atoms with van der Waals surface area (Å²) in [5.41, 5.74) is 1.85. The molecular formula is C11H16N2O. The van der Waals surface area contributed by atoms with Crippen molar-refractivity contribution in [2.24, 2.45) is 5.92 Å². The topological polar surface area (TPSA) is 46.0 Å². The van der Waals surface area contributed by atoms with Crippen LogP contribution in [0.4, 0.5) is 0 Å². The van der Waals surface area contributed by atoms with Crippen LogP contribution in [0.25, 0.3) is 6.08 Å². The molecule has 3 nitrogen and oxygen atoms in total. The zero-order chi connectivity index (χ0) is 10.6. The molecule has 0 saturated carbocycles. The van der Waals surface area contributed by atoms with Crippen LogP contribution in [0.15, 0.2) is 17.8 Å². The Morgan fingerprint density at radius 2 is 2.29 bits per heavy atom. The Hall–Kier alpha value is -1.22. The first kappa shape index (κ1) is 10.9. The molecule has 0 saturated heterocycles. The van der Waals surface area contributed by atoms with Crippen molar-refractivity contribution in [1.82, 2.24) is 9.97 Å². The summed E-state index contributed by atoms with van der Waals surface area (Å²) in [6, 6.07) is 1.84. The van der Waals surface area contributed by atoms with E-state index in [9.17, 15) is 0 Å². The third-order valence-electron chi connectivity index (χ3n) is 2.06. The van der Waals surface area contributed by atoms with E-state index in [2.05, 4.69) is 23.8 Å². The fourth-order valence-electron chi connectivity index (χ4n) is 1.14. The number of hydrogen-bond acceptors (Lipinski definition) is 3. The monoisotopic (exact) mass is 192 g/mol. The van der Waals surface area contributed by atoms with Crippen LogP contribution < -0.4 is 0 Å². The quantitative estimate of drug-likeness (QED) is 0.794. The zero-order valence-corrected chi connectivity index (χ0v) is 8.86. The molecule has 1 aromatic rings. The molecule has 0 aliphatic rings. The van der Waals surface area contributed by atoms with Crippen molar-refractivity contribution in [2.45, 2.75) is 20.8 Å². The van der Waals surface area contributed by atoms with Crippen molar-refractivity contribution < 1.29 is 5.11 Å². The van der Waals surface area contributed by atoms with Crippen molar-refractivity contribution in [2.75, 3.05) is 6.61 Å². The first-order valence-electron chi connectivity index (χ1n) is 4.74. The first-order chi connectivity index (χ1) is 6.63. The lowest BCUT2D eigenvalue weighted by Crippen LogP contribution is -2.00. The SMILES string of the molecule is Cc1nccc(/C=C(\CO)C(C)C)n1. The summed E-state index contributed by atoms with van der Waals surface area (Å²) in [5, 5.41) is 9.12. The minimum Gasteiger partial charge on any atom is -0.392 e. The van der Waals surface area contributed by atoms with Gasteiger partial charge in [-0.05, 0) is 30.6 Å². The molecule has 1 rings (SSSR count). The Bertz CT molecular complexity index is 332. The van der Waals surface area contributed by atoms with E-state index in [-0.39, 0.29) is 6.61 Å². The van der Waals surface area contributed by atoms with Crippen LogP contribution in [-0.4, -0.2) is 21.7 Å². The predicted octanol–water partition coefficient (Wildman–Crippen LogP) is 1.82. The summed E-state index contributed by atoms with van der Waals surface area (Å²) in [7, 11) is 0. The summed E-state index contributed by atoms with van der Waals surface area (Å²) in [4.78, 5) is 8.26. The fourth-order valence-corrected chi connectivity index (χ4v) is 1.14. The van der Waals surface area contributed by atoms with Gasteiger partial charge in [-0.2, -0.15) is 0 Å². The standard InChI is InChI=1S/C11H16N2O/c1-8(2)10(7-14)6-11-4-5-12-9(3)13-11/h4-6,8,14H,7H2,1-3H3/b10-6+. The van der Waals surface area contributed by atoms with Crippen LogP contribution in [0.2, 0.25) is 0 Å². The van der Waals surface area contributed by atoms with Crippen LogP contribution in [0.3, 0.4) is 0 Å². The molecule has 76 valence electrons. The number of aliphatic hydroxyl groups is 1. The van der Waals surface area contributed by atoms with Crippen LogP contribution in [0.5, 0.6) is 0 Å². The van der Waals surface area contributed by atoms with E-state index in [1.165, 1.54) is 0 Å². The van der Waals surface area contributed by atoms with Crippen LogP contribution >= 0.6 is 0 Å². The van der Waals surface area contributed by atoms with Crippen molar-refractivity contribution in [3.05, 3.63) is 29.4 Å². The first-order valence-corrected chi connectivity index (χ1v) is 4.74. The lowest BCUT2D eigenvalue weighted by molar-refractivity contribution is 0.320. The Balaban J connectivity index is 2.94. The molecule has 0 aromatic carbocycles. The van der Waals surface area contributed by atoms with Gasteiger partial charge in [-0.15, -0.1) is 0 Å². The van der Waals surface area contributed by atoms with E-state index in [4.69, 9.17) is 5.11 Å². The Labute approximate surface area is 84.5 Å². The number of rotatable bonds is 3. The molecule has 3 heteroatoms. The molecule has 0 spiro atoms. The van der Waals surface area contributed by atoms with E-state index in [1.54, 1.807) is 6.20 Å². The lowest BCUT2D eigenvalue weighted by Gasteiger charge is -2.07. The molecule has 14 heavy (non-hydrogen) atoms. The highest BCUT2D eigenvalue weighted by atomic mass is 16.3. The van der Waals surface area contributed by atoms with Gasteiger partial charge < -0.3 is 5.11 Å². The van der Waals surface area contributed by atoms with Gasteiger partial charge in [0, 0.05) is 6.20 Å². The average molecular weight is 192 g/mol. The molecule has 0 amide bonds. The third kappa shape index (κ3) is 2.92. The van der Waals surface area contributed by atoms with Gasteiger partial charge >= 0.3 is 0 Å². The largest absolute Gasteiger partial charge is 0.392 e. The molecule has 1 heterocycles. The Morgan fingerprint density at radius 3 is 2.79 bits per heavy atom. The molecule has 0 fully saturated rings. The molecule has 0 aliphatic heterocycles. The smallest absolute Gasteiger partial charge is 0.125 e. The van der Waals surface area contributed by atoms with Crippen LogP contribution in [-0.2, 0) is 0 Å². The third-order valence-corrected chi connectivity index (χ3v) is 2.06. The van der Waals surface area contributed by atoms with Crippen LogP contribution in [0.1, 0.15) is 25.4 Å². The molecular weight excluding hydrogens is 176 g/mol. The molecule has 1 N–H and O–H groups in total. The van der Waals surface area contributed by atoms with E-state index >= 15 is 0 Å². The Kier molecular flexibility index (Phi) is 3.77. The van der Waals surface area contributed by atoms with E-state index in [0.717, 1.165) is 17.1 Å². The fraction of sp³-hybridized carbons (Fsp3) is 0.455. The van der Waals surface area contributed by atoms with Gasteiger partial charge in [0.1, 0.15) is 5.82 Å². The predicted molar refractivity (Wildman–Crippen MR) is 56.7 cm³/mol. The van der Waals surface area contributed by atoms with E-state index in [0.29, 0.717) is 5.92 Å². The zero-order valence-electron chi connectivity index (χ0n) is 8.86. The van der Waals surface area contributed by atoms with Gasteiger partial charge in [-0.25, -0.2) is 9.97 Å². The summed E-state index contributed by atoms with van der Waals surface area (Å²) in [6.45, 7) is 6.04. The summed E-state index contributed by atoms with van der Waals surface area (Å²) in [5.74, 6) is 1.09. The molecule has 0 aliphatic carbocycles. The van der Waals surface area contributed by atoms with Gasteiger partial charge in [0.05, 0.1) is 12.3 Å². The molecule has 0 radical (unpaired) electrons. The summed E-state index contributed by atoms with van der Waals surface area (Å²) < 4.78 is 0. The maximum atomic E-state index is 9.12. The molecule has 0 bridgehead atoms. The maximum absolute atomic E-state index is 9.12. The number of nitrogens with zero attached hydrogens (tertiary/aromatic N) is 2. The van der Waals surface area contributed by atoms with Gasteiger partial charge in [0.25, 0.3) is 0 Å². The summed E-state index contributed by atoms with van der Waals surface area (Å²) in [6.07, 6.45) is 3.64. The summed E-state index contributed by atoms with van der Waals surface area (Å²) >= 11 is 0. The van der Waals surface area contributed by atoms with Crippen molar-refractivity contribution in [1.29, 1.82) is 0 Å². The molecule has 1 aromatic heterocycles. The highest BCUT2D eigenvalue weighted by Gasteiger charge is 2.02. The number of aryl methyl sites for hydroxylation is 1. The van der Waals surface area contributed by atoms with Gasteiger partial charge in [-0.1, -0.05) is 13.8 Å². The minimum absolute atomic E-state index is 0.0840. The van der Waals surface area contributed by atoms with Gasteiger partial charge in [-0.3, -0.25) is 0 Å². The lowest BCUT2D eigenvalue weighted by atomic mass is 10.0. The minimum atomic E-state index is 0.0840. The van der Waals surface area contributed by atoms with Gasteiger partial charge in [0.15, 0.2) is 0 Å². The van der Waals surface area contributed by atoms with Crippen LogP contribution in [0, 0.1) is 12.8 Å². The normalized spacial score (nSPS) is 12.2. The number of aliphatic hydroxyl groups excluding tert-OH is 1. The average Bonchev–Trinajstić information content (AvgIpc) is 2.14. The van der Waals surface area contributed by atoms with Crippen molar-refractivity contribution >= 4 is 6.08 Å². The van der Waals surface area contributed by atoms with Gasteiger partial charge in [0.2, 0.25) is 0 Å². The van der Waals surface area contributed by atoms with Crippen molar-refractivity contribution in [3.63, 3.8) is 0 Å². The highest BCUT2D eigenvalue weighted by molar-refractivity contribution is 5.49. The second-order valence-corrected chi connectivity index (χ2v) is 3.56. The number of hydrogen-bond donors (Lipinski definition) is 1. The second kappa shape index (κ2) is 4.86. The number of aromatic nitrogens is 2. The Morgan fingerprint density at radius 1 is 1.57 bits per heavy atom. The van der Waals surface area contributed by atoms with E-state index < -0.39 is 0 Å². The van der Waals surface area contributed by atoms with E-state index in [1.807, 2.05) is 19.1 Å². The second-order valence-electron chi connectivity index (χ2n) is 3.56. The maximum Gasteiger partial charge on any atom is 0.125 e. The highest BCUT2D eigenvalue weighted by Crippen LogP contribution is 2.12. The van der Waals surface area contributed by atoms with Crippen molar-refractivity contribution in [3.8, 4) is 0 Å².